The van der Waals surface area contributed by atoms with E-state index in [1.807, 2.05) is 51.1 Å². The molecule has 2 heterocycles. The number of carbonyl (C=O) groups is 1. The Balaban J connectivity index is 1.75. The Morgan fingerprint density at radius 1 is 1.26 bits per heavy atom. The first kappa shape index (κ1) is 24.7. The number of hydrogen-bond acceptors (Lipinski definition) is 4. The Bertz CT molecular complexity index is 1130. The van der Waals surface area contributed by atoms with E-state index >= 15 is 0 Å². The predicted octanol–water partition coefficient (Wildman–Crippen LogP) is 5.47. The van der Waals surface area contributed by atoms with Crippen LogP contribution in [0.1, 0.15) is 44.9 Å². The van der Waals surface area contributed by atoms with E-state index in [0.29, 0.717) is 37.7 Å². The highest BCUT2D eigenvalue weighted by molar-refractivity contribution is 5.74. The van der Waals surface area contributed by atoms with Crippen LogP contribution in [0.3, 0.4) is 0 Å². The molecule has 0 radical (unpaired) electrons. The Morgan fingerprint density at radius 2 is 2.06 bits per heavy atom. The van der Waals surface area contributed by atoms with Gasteiger partial charge in [0.2, 0.25) is 5.88 Å². The van der Waals surface area contributed by atoms with Crippen LogP contribution in [0.5, 0.6) is 11.6 Å². The number of hydrogen-bond donors (Lipinski definition) is 1. The third-order valence-electron chi connectivity index (χ3n) is 5.86. The first-order valence-electron chi connectivity index (χ1n) is 12.2. The van der Waals surface area contributed by atoms with Crippen LogP contribution < -0.4 is 10.1 Å². The molecule has 0 bridgehead atoms. The molecule has 1 atom stereocenters. The van der Waals surface area contributed by atoms with E-state index in [2.05, 4.69) is 5.32 Å². The van der Waals surface area contributed by atoms with Crippen LogP contribution in [0.4, 0.5) is 9.18 Å². The van der Waals surface area contributed by atoms with Gasteiger partial charge >= 0.3 is 6.03 Å². The first-order chi connectivity index (χ1) is 16.9. The van der Waals surface area contributed by atoms with Crippen molar-refractivity contribution in [1.82, 2.24) is 20.0 Å². The molecule has 0 spiro atoms. The number of urea groups is 1. The molecule has 1 saturated heterocycles. The third kappa shape index (κ3) is 6.19. The summed E-state index contributed by atoms with van der Waals surface area (Å²) in [6, 6.07) is 15.5. The molecule has 7 nitrogen and oxygen atoms in total. The number of carbonyl (C=O) groups excluding carboxylic acids is 1. The maximum absolute atomic E-state index is 14.0. The van der Waals surface area contributed by atoms with Gasteiger partial charge in [0, 0.05) is 25.3 Å². The lowest BCUT2D eigenvalue weighted by molar-refractivity contribution is 0.0788. The van der Waals surface area contributed by atoms with Crippen molar-refractivity contribution >= 4 is 6.03 Å². The number of nitrogens with one attached hydrogen (secondary N) is 1. The molecule has 0 saturated carbocycles. The summed E-state index contributed by atoms with van der Waals surface area (Å²) in [6.07, 6.45) is 2.55. The lowest BCUT2D eigenvalue weighted by Gasteiger charge is -2.27. The number of aryl methyl sites for hydroxylation is 1. The van der Waals surface area contributed by atoms with Crippen molar-refractivity contribution in [3.63, 3.8) is 0 Å². The minimum Gasteiger partial charge on any atom is -0.438 e. The Kier molecular flexibility index (Phi) is 8.02. The Labute approximate surface area is 205 Å². The van der Waals surface area contributed by atoms with Crippen molar-refractivity contribution in [1.29, 1.82) is 0 Å². The lowest BCUT2D eigenvalue weighted by atomic mass is 10.1. The van der Waals surface area contributed by atoms with Gasteiger partial charge in [-0.2, -0.15) is 5.10 Å². The minimum atomic E-state index is -0.387. The number of amides is 2. The maximum atomic E-state index is 14.0. The molecular formula is C27H33FN4O3. The van der Waals surface area contributed by atoms with Gasteiger partial charge in [0.25, 0.3) is 0 Å². The van der Waals surface area contributed by atoms with E-state index in [0.717, 1.165) is 29.8 Å². The second-order valence-corrected chi connectivity index (χ2v) is 9.01. The molecule has 186 valence electrons. The molecule has 1 aromatic heterocycles. The van der Waals surface area contributed by atoms with E-state index in [1.54, 1.807) is 21.7 Å². The van der Waals surface area contributed by atoms with Crippen molar-refractivity contribution in [2.24, 2.45) is 0 Å². The maximum Gasteiger partial charge on any atom is 0.317 e. The van der Waals surface area contributed by atoms with Gasteiger partial charge < -0.3 is 19.7 Å². The van der Waals surface area contributed by atoms with Gasteiger partial charge in [0.1, 0.15) is 11.6 Å². The molecule has 2 aromatic carbocycles. The summed E-state index contributed by atoms with van der Waals surface area (Å²) >= 11 is 0. The van der Waals surface area contributed by atoms with Crippen molar-refractivity contribution in [2.45, 2.75) is 58.7 Å². The molecule has 35 heavy (non-hydrogen) atoms. The molecule has 1 fully saturated rings. The molecule has 0 unspecified atom stereocenters. The standard InChI is InChI=1S/C27H33FN4O3/c1-4-25-24(18-31(27(33)29-19(2)3)17-23-14-9-15-34-23)26(35-22-13-8-10-20(28)16-22)32(30-25)21-11-6-5-7-12-21/h5-8,10-13,16,19,23H,4,9,14-15,17-18H2,1-3H3,(H,29,33)/t23-/m0/s1. The van der Waals surface area contributed by atoms with Gasteiger partial charge in [-0.1, -0.05) is 31.2 Å². The zero-order valence-corrected chi connectivity index (χ0v) is 20.5. The number of para-hydroxylation sites is 1. The van der Waals surface area contributed by atoms with Crippen molar-refractivity contribution in [2.75, 3.05) is 13.2 Å². The van der Waals surface area contributed by atoms with Crippen LogP contribution in [-0.4, -0.2) is 46.0 Å². The quantitative estimate of drug-likeness (QED) is 0.441. The fourth-order valence-electron chi connectivity index (χ4n) is 4.19. The highest BCUT2D eigenvalue weighted by Gasteiger charge is 2.28. The van der Waals surface area contributed by atoms with E-state index in [9.17, 15) is 9.18 Å². The van der Waals surface area contributed by atoms with Crippen molar-refractivity contribution in [3.05, 3.63) is 71.7 Å². The minimum absolute atomic E-state index is 0.00445. The number of aromatic nitrogens is 2. The van der Waals surface area contributed by atoms with Gasteiger partial charge in [-0.3, -0.25) is 0 Å². The molecule has 1 aliphatic rings. The normalized spacial score (nSPS) is 15.4. The van der Waals surface area contributed by atoms with E-state index < -0.39 is 0 Å². The Hall–Kier alpha value is -3.39. The summed E-state index contributed by atoms with van der Waals surface area (Å²) in [6.45, 7) is 7.36. The van der Waals surface area contributed by atoms with Gasteiger partial charge in [0.05, 0.1) is 29.6 Å². The smallest absolute Gasteiger partial charge is 0.317 e. The van der Waals surface area contributed by atoms with E-state index in [-0.39, 0.29) is 24.0 Å². The zero-order chi connectivity index (χ0) is 24.8. The summed E-state index contributed by atoms with van der Waals surface area (Å²) in [5.74, 6) is 0.443. The lowest BCUT2D eigenvalue weighted by Crippen LogP contribution is -2.45. The topological polar surface area (TPSA) is 68.6 Å². The molecule has 1 N–H and O–H groups in total. The summed E-state index contributed by atoms with van der Waals surface area (Å²) in [4.78, 5) is 14.9. The average Bonchev–Trinajstić information content (AvgIpc) is 3.47. The second kappa shape index (κ2) is 11.4. The van der Waals surface area contributed by atoms with Gasteiger partial charge in [-0.05, 0) is 57.4 Å². The largest absolute Gasteiger partial charge is 0.438 e. The fourth-order valence-corrected chi connectivity index (χ4v) is 4.19. The summed E-state index contributed by atoms with van der Waals surface area (Å²) in [5, 5.41) is 7.83. The monoisotopic (exact) mass is 480 g/mol. The number of ether oxygens (including phenoxy) is 2. The Morgan fingerprint density at radius 3 is 2.71 bits per heavy atom. The van der Waals surface area contributed by atoms with Crippen molar-refractivity contribution in [3.8, 4) is 17.3 Å². The van der Waals surface area contributed by atoms with Gasteiger partial charge in [-0.15, -0.1) is 0 Å². The highest BCUT2D eigenvalue weighted by Crippen LogP contribution is 2.33. The van der Waals surface area contributed by atoms with Crippen LogP contribution >= 0.6 is 0 Å². The van der Waals surface area contributed by atoms with Crippen LogP contribution in [0.15, 0.2) is 54.6 Å². The molecule has 0 aliphatic carbocycles. The molecule has 1 aliphatic heterocycles. The number of rotatable bonds is 9. The second-order valence-electron chi connectivity index (χ2n) is 9.01. The first-order valence-corrected chi connectivity index (χ1v) is 12.2. The number of benzene rings is 2. The van der Waals surface area contributed by atoms with Crippen molar-refractivity contribution < 1.29 is 18.7 Å². The molecular weight excluding hydrogens is 447 g/mol. The molecule has 2 amide bonds. The number of nitrogens with zero attached hydrogens (tertiary/aromatic N) is 3. The van der Waals surface area contributed by atoms with E-state index in [1.165, 1.54) is 12.1 Å². The SMILES string of the molecule is CCc1nn(-c2ccccc2)c(Oc2cccc(F)c2)c1CN(C[C@@H]1CCCO1)C(=O)NC(C)C. The summed E-state index contributed by atoms with van der Waals surface area (Å²) < 4.78 is 27.8. The van der Waals surface area contributed by atoms with Crippen LogP contribution in [0.2, 0.25) is 0 Å². The predicted molar refractivity (Wildman–Crippen MR) is 132 cm³/mol. The average molecular weight is 481 g/mol. The highest BCUT2D eigenvalue weighted by atomic mass is 19.1. The molecule has 4 rings (SSSR count). The van der Waals surface area contributed by atoms with Crippen LogP contribution in [-0.2, 0) is 17.7 Å². The van der Waals surface area contributed by atoms with Gasteiger partial charge in [0.15, 0.2) is 0 Å². The molecule has 3 aromatic rings. The fraction of sp³-hybridized carbons (Fsp3) is 0.407. The van der Waals surface area contributed by atoms with Gasteiger partial charge in [-0.25, -0.2) is 13.9 Å². The third-order valence-corrected chi connectivity index (χ3v) is 5.86. The summed E-state index contributed by atoms with van der Waals surface area (Å²) in [5.41, 5.74) is 2.42. The molecule has 8 heteroatoms. The summed E-state index contributed by atoms with van der Waals surface area (Å²) in [7, 11) is 0. The zero-order valence-electron chi connectivity index (χ0n) is 20.5. The van der Waals surface area contributed by atoms with Crippen LogP contribution in [0, 0.1) is 5.82 Å². The number of halogens is 1. The van der Waals surface area contributed by atoms with E-state index in [4.69, 9.17) is 14.6 Å². The van der Waals surface area contributed by atoms with Crippen LogP contribution in [0.25, 0.3) is 5.69 Å².